The molecule has 6 aromatic rings. The van der Waals surface area contributed by atoms with Gasteiger partial charge in [0.15, 0.2) is 11.5 Å². The van der Waals surface area contributed by atoms with E-state index in [1.54, 1.807) is 0 Å². The number of aromatic nitrogens is 7. The van der Waals surface area contributed by atoms with Crippen molar-refractivity contribution in [3.63, 3.8) is 0 Å². The number of pyridine rings is 1. The van der Waals surface area contributed by atoms with Crippen molar-refractivity contribution in [3.8, 4) is 11.6 Å². The first-order valence-electron chi connectivity index (χ1n) is 19.2. The lowest BCUT2D eigenvalue weighted by atomic mass is 10.0. The second kappa shape index (κ2) is 14.7. The molecule has 0 aliphatic heterocycles. The third-order valence-corrected chi connectivity index (χ3v) is 11.9. The molecule has 4 aromatic heterocycles. The van der Waals surface area contributed by atoms with E-state index in [1.807, 2.05) is 0 Å². The molecule has 14 nitrogen and oxygen atoms in total. The van der Waals surface area contributed by atoms with E-state index in [1.165, 1.54) is 29.9 Å². The van der Waals surface area contributed by atoms with Crippen LogP contribution in [0.4, 0.5) is 36.6 Å². The van der Waals surface area contributed by atoms with Crippen LogP contribution in [0, 0.1) is 17.6 Å². The number of halogens is 8. The average Bonchev–Trinajstić information content (AvgIpc) is 4.08. The van der Waals surface area contributed by atoms with E-state index in [-0.39, 0.29) is 73.3 Å². The van der Waals surface area contributed by atoms with Gasteiger partial charge >= 0.3 is 6.18 Å². The molecule has 0 saturated heterocycles. The SMILES string of the molecule is Cn1nc(NS(C)(=O)=O)c2c(Cl)ccc(-n3c(C(Cc4cc(F)cc(F)c4)NC(=O)Cn4nc(C5CC5)c5c4C(F)(F)C4CC54)nc4nc(OCCC(F)(F)F)ccc4c3=O)c21. The van der Waals surface area contributed by atoms with Gasteiger partial charge in [0.1, 0.15) is 29.7 Å². The van der Waals surface area contributed by atoms with Crippen molar-refractivity contribution in [1.29, 1.82) is 0 Å². The maximum Gasteiger partial charge on any atom is 0.392 e. The first kappa shape index (κ1) is 41.6. The molecule has 23 heteroatoms. The smallest absolute Gasteiger partial charge is 0.392 e. The zero-order valence-corrected chi connectivity index (χ0v) is 34.0. The number of carbonyl (C=O) groups is 1. The zero-order valence-electron chi connectivity index (χ0n) is 32.4. The van der Waals surface area contributed by atoms with Crippen LogP contribution in [0.2, 0.25) is 5.02 Å². The van der Waals surface area contributed by atoms with Crippen molar-refractivity contribution >= 4 is 55.3 Å². The summed E-state index contributed by atoms with van der Waals surface area (Å²) < 4.78 is 135. The highest BCUT2D eigenvalue weighted by Crippen LogP contribution is 2.69. The fourth-order valence-corrected chi connectivity index (χ4v) is 9.03. The van der Waals surface area contributed by atoms with Crippen molar-refractivity contribution in [2.24, 2.45) is 13.0 Å². The number of amides is 1. The molecular formula is C39H33ClF7N9O5S. The van der Waals surface area contributed by atoms with Gasteiger partial charge in [0.05, 0.1) is 58.0 Å². The summed E-state index contributed by atoms with van der Waals surface area (Å²) in [7, 11) is -2.51. The summed E-state index contributed by atoms with van der Waals surface area (Å²) >= 11 is 6.59. The molecule has 3 atom stereocenters. The summed E-state index contributed by atoms with van der Waals surface area (Å²) in [6.07, 6.45) is -3.65. The number of sulfonamides is 1. The monoisotopic (exact) mass is 907 g/mol. The van der Waals surface area contributed by atoms with Crippen molar-refractivity contribution in [2.45, 2.75) is 68.6 Å². The van der Waals surface area contributed by atoms with Gasteiger partial charge < -0.3 is 10.1 Å². The molecule has 3 aliphatic carbocycles. The van der Waals surface area contributed by atoms with Crippen LogP contribution in [0.25, 0.3) is 27.6 Å². The van der Waals surface area contributed by atoms with Gasteiger partial charge in [-0.25, -0.2) is 22.2 Å². The number of carbonyl (C=O) groups excluding carboxylic acids is 1. The number of benzene rings is 2. The highest BCUT2D eigenvalue weighted by molar-refractivity contribution is 7.92. The number of alkyl halides is 5. The summed E-state index contributed by atoms with van der Waals surface area (Å²) in [5, 5.41) is 11.3. The van der Waals surface area contributed by atoms with E-state index in [0.29, 0.717) is 23.7 Å². The maximum absolute atomic E-state index is 15.7. The Bertz CT molecular complexity index is 3000. The van der Waals surface area contributed by atoms with Crippen molar-refractivity contribution in [1.82, 2.24) is 39.4 Å². The number of nitrogens with one attached hydrogen (secondary N) is 2. The van der Waals surface area contributed by atoms with Crippen LogP contribution in [-0.4, -0.2) is 67.5 Å². The van der Waals surface area contributed by atoms with Crippen LogP contribution < -0.4 is 20.3 Å². The number of anilines is 1. The fraction of sp³-hybridized carbons (Fsp3) is 0.385. The number of rotatable bonds is 13. The molecule has 0 radical (unpaired) electrons. The molecule has 4 heterocycles. The first-order chi connectivity index (χ1) is 29.2. The van der Waals surface area contributed by atoms with Gasteiger partial charge in [0, 0.05) is 43.0 Å². The Morgan fingerprint density at radius 2 is 1.79 bits per heavy atom. The number of hydrogen-bond donors (Lipinski definition) is 2. The third-order valence-electron chi connectivity index (χ3n) is 11.0. The minimum atomic E-state index is -4.56. The molecule has 2 N–H and O–H groups in total. The van der Waals surface area contributed by atoms with E-state index in [4.69, 9.17) is 16.3 Å². The molecule has 2 fully saturated rings. The molecule has 2 saturated carbocycles. The Labute approximate surface area is 351 Å². The molecule has 2 aromatic carbocycles. The number of ether oxygens (including phenoxy) is 1. The van der Waals surface area contributed by atoms with Gasteiger partial charge in [0.25, 0.3) is 11.5 Å². The summed E-state index contributed by atoms with van der Waals surface area (Å²) in [5.41, 5.74) is -0.637. The zero-order chi connectivity index (χ0) is 44.2. The van der Waals surface area contributed by atoms with Gasteiger partial charge in [0.2, 0.25) is 21.8 Å². The predicted octanol–water partition coefficient (Wildman–Crippen LogP) is 6.68. The van der Waals surface area contributed by atoms with Gasteiger partial charge in [-0.3, -0.25) is 28.2 Å². The Morgan fingerprint density at radius 1 is 1.06 bits per heavy atom. The van der Waals surface area contributed by atoms with Gasteiger partial charge in [-0.2, -0.15) is 37.1 Å². The summed E-state index contributed by atoms with van der Waals surface area (Å²) in [6, 6.07) is 6.06. The second-order valence-electron chi connectivity index (χ2n) is 15.7. The van der Waals surface area contributed by atoms with E-state index in [0.717, 1.165) is 46.5 Å². The minimum Gasteiger partial charge on any atom is -0.477 e. The standard InChI is InChI=1S/C39H33ClF7N9O5S/c1-54-32-26(7-6-24(40)30(32)35(52-54)53-62(2,59)60)56-36(50-34-21(37(56)58)5-8-28(49-34)61-10-9-38(43,44)45)25(13-17-11-19(41)14-20(42)12-17)48-27(57)16-55-33-29(31(51-55)18-3-4-18)22-15-23(22)39(33,46)47/h5-8,11-12,14,18,22-23,25H,3-4,9-10,13,15-16H2,1-2H3,(H,48,57)(H,52,53). The van der Waals surface area contributed by atoms with Crippen molar-refractivity contribution in [3.05, 3.63) is 97.8 Å². The quantitative estimate of drug-likeness (QED) is 0.120. The van der Waals surface area contributed by atoms with Crippen LogP contribution in [0.1, 0.15) is 71.9 Å². The Balaban J connectivity index is 1.22. The number of aryl methyl sites for hydroxylation is 1. The van der Waals surface area contributed by atoms with E-state index >= 15 is 8.78 Å². The Kier molecular flexibility index (Phi) is 9.84. The van der Waals surface area contributed by atoms with Gasteiger partial charge in [-0.1, -0.05) is 11.6 Å². The lowest BCUT2D eigenvalue weighted by molar-refractivity contribution is -0.139. The molecule has 62 heavy (non-hydrogen) atoms. The summed E-state index contributed by atoms with van der Waals surface area (Å²) in [5.74, 6) is -8.34. The summed E-state index contributed by atoms with van der Waals surface area (Å²) in [6.45, 7) is -1.55. The third kappa shape index (κ3) is 7.70. The Morgan fingerprint density at radius 3 is 2.47 bits per heavy atom. The number of fused-ring (bicyclic) bond motifs is 5. The van der Waals surface area contributed by atoms with Crippen molar-refractivity contribution < 1.29 is 48.7 Å². The Hall–Kier alpha value is -5.77. The number of hydrogen-bond acceptors (Lipinski definition) is 9. The number of nitrogens with zero attached hydrogens (tertiary/aromatic N) is 7. The van der Waals surface area contributed by atoms with Crippen molar-refractivity contribution in [2.75, 3.05) is 17.6 Å². The molecule has 3 unspecified atom stereocenters. The largest absolute Gasteiger partial charge is 0.477 e. The summed E-state index contributed by atoms with van der Waals surface area (Å²) in [4.78, 5) is 37.8. The van der Waals surface area contributed by atoms with Gasteiger partial charge in [-0.15, -0.1) is 0 Å². The minimum absolute atomic E-state index is 0.000472. The van der Waals surface area contributed by atoms with Crippen LogP contribution in [0.15, 0.2) is 47.3 Å². The lowest BCUT2D eigenvalue weighted by Crippen LogP contribution is -2.38. The molecule has 9 rings (SSSR count). The van der Waals surface area contributed by atoms with Crippen LogP contribution in [0.5, 0.6) is 5.88 Å². The molecule has 0 spiro atoms. The molecule has 0 bridgehead atoms. The van der Waals surface area contributed by atoms with Crippen LogP contribution in [-0.2, 0) is 40.8 Å². The van der Waals surface area contributed by atoms with E-state index < -0.39 is 83.2 Å². The van der Waals surface area contributed by atoms with E-state index in [2.05, 4.69) is 30.2 Å². The molecule has 1 amide bonds. The topological polar surface area (TPSA) is 168 Å². The average molecular weight is 908 g/mol. The molecular weight excluding hydrogens is 875 g/mol. The lowest BCUT2D eigenvalue weighted by Gasteiger charge is -2.24. The predicted molar refractivity (Wildman–Crippen MR) is 209 cm³/mol. The fourth-order valence-electron chi connectivity index (χ4n) is 8.29. The highest BCUT2D eigenvalue weighted by Gasteiger charge is 2.67. The van der Waals surface area contributed by atoms with E-state index in [9.17, 15) is 40.0 Å². The highest BCUT2D eigenvalue weighted by atomic mass is 35.5. The van der Waals surface area contributed by atoms with Gasteiger partial charge in [-0.05, 0) is 61.1 Å². The first-order valence-corrected chi connectivity index (χ1v) is 21.4. The van der Waals surface area contributed by atoms with Crippen LogP contribution in [0.3, 0.4) is 0 Å². The molecule has 326 valence electrons. The molecule has 3 aliphatic rings. The maximum atomic E-state index is 15.7. The normalized spacial score (nSPS) is 18.5. The second-order valence-corrected chi connectivity index (χ2v) is 17.9. The van der Waals surface area contributed by atoms with Crippen LogP contribution >= 0.6 is 11.6 Å².